The summed E-state index contributed by atoms with van der Waals surface area (Å²) in [6, 6.07) is 24.4. The van der Waals surface area contributed by atoms with Gasteiger partial charge in [0.1, 0.15) is 11.6 Å². The number of aromatic nitrogens is 2. The lowest BCUT2D eigenvalue weighted by atomic mass is 9.84. The number of aryl methyl sites for hydroxylation is 1. The van der Waals surface area contributed by atoms with Gasteiger partial charge in [0.2, 0.25) is 5.91 Å². The van der Waals surface area contributed by atoms with Crippen LogP contribution in [0.3, 0.4) is 0 Å². The van der Waals surface area contributed by atoms with Crippen LogP contribution in [0, 0.1) is 12.7 Å². The second kappa shape index (κ2) is 7.26. The molecule has 5 rings (SSSR count). The first kappa shape index (κ1) is 18.3. The fraction of sp³-hybridized carbons (Fsp3) is 0.120. The molecule has 148 valence electrons. The zero-order chi connectivity index (χ0) is 20.7. The van der Waals surface area contributed by atoms with Crippen LogP contribution in [0.15, 0.2) is 78.9 Å². The summed E-state index contributed by atoms with van der Waals surface area (Å²) in [5.74, 6) is -0.277. The number of carbonyl (C=O) groups is 1. The fourth-order valence-electron chi connectivity index (χ4n) is 4.06. The molecule has 0 aliphatic carbocycles. The predicted octanol–water partition coefficient (Wildman–Crippen LogP) is 5.46. The van der Waals surface area contributed by atoms with Crippen LogP contribution >= 0.6 is 0 Å². The number of nitrogens with one attached hydrogen (secondary N) is 1. The molecule has 30 heavy (non-hydrogen) atoms. The van der Waals surface area contributed by atoms with Gasteiger partial charge in [0.25, 0.3) is 0 Å². The molecular formula is C25H20FN3O. The third kappa shape index (κ3) is 3.08. The molecule has 1 aliphatic heterocycles. The summed E-state index contributed by atoms with van der Waals surface area (Å²) in [5, 5.41) is 7.87. The highest BCUT2D eigenvalue weighted by Gasteiger charge is 2.35. The second-order valence-corrected chi connectivity index (χ2v) is 7.55. The molecule has 0 bridgehead atoms. The summed E-state index contributed by atoms with van der Waals surface area (Å²) < 4.78 is 16.5. The Morgan fingerprint density at radius 3 is 2.40 bits per heavy atom. The van der Waals surface area contributed by atoms with Crippen molar-refractivity contribution in [3.05, 3.63) is 101 Å². The van der Waals surface area contributed by atoms with E-state index in [0.29, 0.717) is 11.4 Å². The minimum atomic E-state index is -0.413. The van der Waals surface area contributed by atoms with E-state index in [2.05, 4.69) is 5.32 Å². The molecule has 0 fully saturated rings. The number of benzene rings is 3. The lowest BCUT2D eigenvalue weighted by Gasteiger charge is -2.25. The molecule has 0 spiro atoms. The highest BCUT2D eigenvalue weighted by atomic mass is 19.1. The fourth-order valence-corrected chi connectivity index (χ4v) is 4.06. The lowest BCUT2D eigenvalue weighted by Crippen LogP contribution is -2.25. The Kier molecular flexibility index (Phi) is 4.43. The highest BCUT2D eigenvalue weighted by molar-refractivity contribution is 5.96. The van der Waals surface area contributed by atoms with E-state index in [4.69, 9.17) is 5.10 Å². The predicted molar refractivity (Wildman–Crippen MR) is 115 cm³/mol. The van der Waals surface area contributed by atoms with E-state index in [9.17, 15) is 9.18 Å². The minimum absolute atomic E-state index is 0.149. The average Bonchev–Trinajstić information content (AvgIpc) is 3.14. The lowest BCUT2D eigenvalue weighted by molar-refractivity contribution is -0.116. The number of fused-ring (bicyclic) bond motifs is 1. The van der Waals surface area contributed by atoms with E-state index in [1.807, 2.05) is 61.5 Å². The van der Waals surface area contributed by atoms with E-state index >= 15 is 0 Å². The average molecular weight is 397 g/mol. The molecule has 5 heteroatoms. The van der Waals surface area contributed by atoms with Crippen molar-refractivity contribution in [2.75, 3.05) is 5.32 Å². The number of carbonyl (C=O) groups excluding carboxylic acids is 1. The Hall–Kier alpha value is -3.73. The van der Waals surface area contributed by atoms with Gasteiger partial charge in [-0.2, -0.15) is 5.10 Å². The molecule has 1 N–H and O–H groups in total. The molecule has 2 heterocycles. The molecule has 4 aromatic rings. The van der Waals surface area contributed by atoms with Crippen LogP contribution in [0.5, 0.6) is 0 Å². The van der Waals surface area contributed by atoms with Gasteiger partial charge < -0.3 is 5.32 Å². The Bertz CT molecular complexity index is 1230. The number of hydrogen-bond donors (Lipinski definition) is 1. The zero-order valence-electron chi connectivity index (χ0n) is 16.5. The van der Waals surface area contributed by atoms with Gasteiger partial charge in [-0.05, 0) is 30.7 Å². The highest BCUT2D eigenvalue weighted by Crippen LogP contribution is 2.44. The van der Waals surface area contributed by atoms with Gasteiger partial charge in [0, 0.05) is 23.5 Å². The summed E-state index contributed by atoms with van der Waals surface area (Å²) >= 11 is 0. The van der Waals surface area contributed by atoms with E-state index in [1.54, 1.807) is 22.9 Å². The third-order valence-corrected chi connectivity index (χ3v) is 5.52. The zero-order valence-corrected chi connectivity index (χ0v) is 16.5. The molecule has 1 aliphatic rings. The third-order valence-electron chi connectivity index (χ3n) is 5.52. The molecule has 1 atom stereocenters. The first-order chi connectivity index (χ1) is 14.6. The van der Waals surface area contributed by atoms with E-state index in [0.717, 1.165) is 28.1 Å². The molecule has 3 aromatic carbocycles. The van der Waals surface area contributed by atoms with Crippen molar-refractivity contribution < 1.29 is 9.18 Å². The van der Waals surface area contributed by atoms with Gasteiger partial charge in [-0.15, -0.1) is 0 Å². The Labute approximate surface area is 174 Å². The maximum absolute atomic E-state index is 14.7. The summed E-state index contributed by atoms with van der Waals surface area (Å²) in [6.45, 7) is 2.02. The molecule has 1 aromatic heterocycles. The number of hydrogen-bond acceptors (Lipinski definition) is 2. The SMILES string of the molecule is Cc1ccc(-n2nc(-c3ccccc3)c3c2NC(=O)CC3c2ccccc2F)cc1. The standard InChI is InChI=1S/C25H20FN3O/c1-16-11-13-18(14-12-16)29-25-23(24(28-29)17-7-3-2-4-8-17)20(15-22(30)27-25)19-9-5-6-10-21(19)26/h2-14,20H,15H2,1H3,(H,27,30). The summed E-state index contributed by atoms with van der Waals surface area (Å²) in [7, 11) is 0. The Morgan fingerprint density at radius 2 is 1.67 bits per heavy atom. The normalized spacial score (nSPS) is 15.5. The Morgan fingerprint density at radius 1 is 0.967 bits per heavy atom. The van der Waals surface area contributed by atoms with Crippen molar-refractivity contribution in [2.24, 2.45) is 0 Å². The molecule has 4 nitrogen and oxygen atoms in total. The topological polar surface area (TPSA) is 46.9 Å². The number of anilines is 1. The first-order valence-electron chi connectivity index (χ1n) is 9.91. The van der Waals surface area contributed by atoms with Gasteiger partial charge in [-0.3, -0.25) is 4.79 Å². The number of nitrogens with zero attached hydrogens (tertiary/aromatic N) is 2. The van der Waals surface area contributed by atoms with Gasteiger partial charge >= 0.3 is 0 Å². The van der Waals surface area contributed by atoms with Gasteiger partial charge in [0.15, 0.2) is 0 Å². The number of amides is 1. The van der Waals surface area contributed by atoms with Crippen molar-refractivity contribution in [3.63, 3.8) is 0 Å². The summed E-state index contributed by atoms with van der Waals surface area (Å²) in [4.78, 5) is 12.6. The van der Waals surface area contributed by atoms with Crippen molar-refractivity contribution in [2.45, 2.75) is 19.3 Å². The second-order valence-electron chi connectivity index (χ2n) is 7.55. The monoisotopic (exact) mass is 397 g/mol. The van der Waals surface area contributed by atoms with Crippen molar-refractivity contribution in [3.8, 4) is 16.9 Å². The molecule has 0 radical (unpaired) electrons. The summed E-state index contributed by atoms with van der Waals surface area (Å²) in [6.07, 6.45) is 0.174. The van der Waals surface area contributed by atoms with Crippen LogP contribution < -0.4 is 5.32 Å². The molecular weight excluding hydrogens is 377 g/mol. The van der Waals surface area contributed by atoms with Crippen molar-refractivity contribution >= 4 is 11.7 Å². The molecule has 1 unspecified atom stereocenters. The first-order valence-corrected chi connectivity index (χ1v) is 9.91. The molecule has 1 amide bonds. The van der Waals surface area contributed by atoms with Crippen LogP contribution in [0.25, 0.3) is 16.9 Å². The molecule has 0 saturated heterocycles. The smallest absolute Gasteiger partial charge is 0.226 e. The Balaban J connectivity index is 1.79. The van der Waals surface area contributed by atoms with E-state index in [-0.39, 0.29) is 18.1 Å². The van der Waals surface area contributed by atoms with Crippen molar-refractivity contribution in [1.29, 1.82) is 0 Å². The van der Waals surface area contributed by atoms with E-state index < -0.39 is 5.92 Å². The van der Waals surface area contributed by atoms with Crippen LogP contribution in [0.1, 0.15) is 29.0 Å². The maximum atomic E-state index is 14.7. The maximum Gasteiger partial charge on any atom is 0.226 e. The quantitative estimate of drug-likeness (QED) is 0.499. The summed E-state index contributed by atoms with van der Waals surface area (Å²) in [5.41, 5.74) is 5.00. The van der Waals surface area contributed by atoms with Crippen LogP contribution in [-0.4, -0.2) is 15.7 Å². The van der Waals surface area contributed by atoms with E-state index in [1.165, 1.54) is 6.07 Å². The molecule has 0 saturated carbocycles. The largest absolute Gasteiger partial charge is 0.310 e. The number of rotatable bonds is 3. The van der Waals surface area contributed by atoms with Crippen LogP contribution in [0.2, 0.25) is 0 Å². The van der Waals surface area contributed by atoms with Crippen molar-refractivity contribution in [1.82, 2.24) is 9.78 Å². The van der Waals surface area contributed by atoms with Crippen LogP contribution in [-0.2, 0) is 4.79 Å². The van der Waals surface area contributed by atoms with Crippen LogP contribution in [0.4, 0.5) is 10.2 Å². The minimum Gasteiger partial charge on any atom is -0.310 e. The van der Waals surface area contributed by atoms with Gasteiger partial charge in [-0.25, -0.2) is 9.07 Å². The number of halogens is 1. The van der Waals surface area contributed by atoms with Gasteiger partial charge in [0.05, 0.1) is 11.4 Å². The van der Waals surface area contributed by atoms with Gasteiger partial charge in [-0.1, -0.05) is 66.2 Å².